The molecule has 0 unspecified atom stereocenters. The van der Waals surface area contributed by atoms with Crippen molar-refractivity contribution in [3.8, 4) is 0 Å². The number of fused-ring (bicyclic) bond motifs is 1. The Balaban J connectivity index is 1.88. The zero-order valence-corrected chi connectivity index (χ0v) is 11.9. The number of benzene rings is 2. The van der Waals surface area contributed by atoms with Crippen LogP contribution in [0.4, 0.5) is 5.69 Å². The summed E-state index contributed by atoms with van der Waals surface area (Å²) in [4.78, 5) is 13.1. The maximum absolute atomic E-state index is 11.4. The third kappa shape index (κ3) is 3.03. The number of aromatic nitrogens is 3. The molecular formula is C15H13ClN4O. The summed E-state index contributed by atoms with van der Waals surface area (Å²) < 4.78 is 0. The largest absolute Gasteiger partial charge is 0.325 e. The highest BCUT2D eigenvalue weighted by Gasteiger charge is 2.08. The minimum absolute atomic E-state index is 0.0712. The molecule has 0 aliphatic carbocycles. The molecule has 6 heteroatoms. The van der Waals surface area contributed by atoms with Crippen molar-refractivity contribution in [2.45, 2.75) is 6.54 Å². The quantitative estimate of drug-likeness (QED) is 0.754. The fraction of sp³-hybridized carbons (Fsp3) is 0.133. The first kappa shape index (κ1) is 13.6. The normalized spacial score (nSPS) is 10.7. The fourth-order valence-corrected chi connectivity index (χ4v) is 2.16. The van der Waals surface area contributed by atoms with Crippen LogP contribution in [0.5, 0.6) is 0 Å². The summed E-state index contributed by atoms with van der Waals surface area (Å²) in [6.45, 7) is 0.480. The molecule has 0 saturated heterocycles. The Morgan fingerprint density at radius 1 is 1.05 bits per heavy atom. The molecule has 2 aromatic carbocycles. The lowest BCUT2D eigenvalue weighted by molar-refractivity contribution is -0.113. The first-order chi connectivity index (χ1) is 10.3. The predicted molar refractivity (Wildman–Crippen MR) is 82.4 cm³/mol. The molecule has 1 heterocycles. The van der Waals surface area contributed by atoms with Gasteiger partial charge in [-0.25, -0.2) is 0 Å². The van der Waals surface area contributed by atoms with Gasteiger partial charge in [0.2, 0.25) is 5.91 Å². The number of anilines is 1. The van der Waals surface area contributed by atoms with Gasteiger partial charge in [0.05, 0.1) is 6.54 Å². The summed E-state index contributed by atoms with van der Waals surface area (Å²) in [6, 6.07) is 15.2. The zero-order valence-electron chi connectivity index (χ0n) is 11.2. The van der Waals surface area contributed by atoms with Crippen LogP contribution < -0.4 is 5.32 Å². The molecule has 5 nitrogen and oxygen atoms in total. The topological polar surface area (TPSA) is 59.8 Å². The van der Waals surface area contributed by atoms with E-state index >= 15 is 0 Å². The van der Waals surface area contributed by atoms with Crippen LogP contribution >= 0.6 is 11.6 Å². The van der Waals surface area contributed by atoms with Crippen LogP contribution in [-0.4, -0.2) is 26.8 Å². The Bertz CT molecular complexity index is 751. The van der Waals surface area contributed by atoms with Crippen LogP contribution in [0, 0.1) is 0 Å². The van der Waals surface area contributed by atoms with Gasteiger partial charge in [-0.05, 0) is 23.8 Å². The van der Waals surface area contributed by atoms with Crippen molar-refractivity contribution in [1.29, 1.82) is 0 Å². The number of hydrogen-bond donors (Lipinski definition) is 1. The smallest absolute Gasteiger partial charge is 0.239 e. The summed E-state index contributed by atoms with van der Waals surface area (Å²) >= 11 is 5.53. The molecule has 1 amide bonds. The van der Waals surface area contributed by atoms with Crippen LogP contribution in [-0.2, 0) is 11.3 Å². The number of carbonyl (C=O) groups excluding carboxylic acids is 1. The van der Waals surface area contributed by atoms with Crippen molar-refractivity contribution in [3.05, 3.63) is 54.1 Å². The number of para-hydroxylation sites is 1. The van der Waals surface area contributed by atoms with Gasteiger partial charge in [-0.1, -0.05) is 30.3 Å². The number of alkyl halides is 1. The van der Waals surface area contributed by atoms with E-state index < -0.39 is 0 Å². The summed E-state index contributed by atoms with van der Waals surface area (Å²) in [7, 11) is 0. The molecule has 0 saturated carbocycles. The molecular weight excluding hydrogens is 288 g/mol. The van der Waals surface area contributed by atoms with Gasteiger partial charge < -0.3 is 5.32 Å². The van der Waals surface area contributed by atoms with Crippen LogP contribution in [0.3, 0.4) is 0 Å². The maximum atomic E-state index is 11.4. The van der Waals surface area contributed by atoms with Gasteiger partial charge in [-0.2, -0.15) is 15.0 Å². The second-order valence-corrected chi connectivity index (χ2v) is 4.83. The first-order valence-electron chi connectivity index (χ1n) is 6.50. The minimum atomic E-state index is -0.234. The number of nitrogens with one attached hydrogen (secondary N) is 1. The second kappa shape index (κ2) is 5.93. The lowest BCUT2D eigenvalue weighted by Crippen LogP contribution is -2.15. The Kier molecular flexibility index (Phi) is 3.83. The summed E-state index contributed by atoms with van der Waals surface area (Å²) in [5, 5.41) is 11.6. The summed E-state index contributed by atoms with van der Waals surface area (Å²) in [5.41, 5.74) is 3.35. The van der Waals surface area contributed by atoms with Gasteiger partial charge in [0.1, 0.15) is 16.9 Å². The number of halogens is 1. The third-order valence-corrected chi connectivity index (χ3v) is 3.30. The van der Waals surface area contributed by atoms with Crippen molar-refractivity contribution in [2.24, 2.45) is 0 Å². The monoisotopic (exact) mass is 300 g/mol. The van der Waals surface area contributed by atoms with Gasteiger partial charge in [0.25, 0.3) is 0 Å². The highest BCUT2D eigenvalue weighted by atomic mass is 35.5. The van der Waals surface area contributed by atoms with Gasteiger partial charge >= 0.3 is 0 Å². The van der Waals surface area contributed by atoms with E-state index in [2.05, 4.69) is 15.5 Å². The Morgan fingerprint density at radius 2 is 1.67 bits per heavy atom. The molecule has 1 aromatic heterocycles. The lowest BCUT2D eigenvalue weighted by atomic mass is 10.2. The van der Waals surface area contributed by atoms with E-state index in [4.69, 9.17) is 11.6 Å². The van der Waals surface area contributed by atoms with Crippen LogP contribution in [0.2, 0.25) is 0 Å². The van der Waals surface area contributed by atoms with E-state index in [0.29, 0.717) is 6.54 Å². The molecule has 0 radical (unpaired) electrons. The molecule has 3 aromatic rings. The van der Waals surface area contributed by atoms with E-state index in [-0.39, 0.29) is 11.8 Å². The lowest BCUT2D eigenvalue weighted by Gasteiger charge is -2.09. The number of rotatable bonds is 4. The molecule has 0 fully saturated rings. The van der Waals surface area contributed by atoms with Crippen LogP contribution in [0.25, 0.3) is 11.0 Å². The van der Waals surface area contributed by atoms with Gasteiger partial charge in [-0.15, -0.1) is 11.6 Å². The molecule has 106 valence electrons. The second-order valence-electron chi connectivity index (χ2n) is 4.56. The molecule has 1 N–H and O–H groups in total. The molecule has 0 aliphatic rings. The van der Waals surface area contributed by atoms with E-state index in [9.17, 15) is 4.79 Å². The molecule has 3 rings (SSSR count). The maximum Gasteiger partial charge on any atom is 0.239 e. The van der Waals surface area contributed by atoms with Crippen molar-refractivity contribution in [2.75, 3.05) is 11.2 Å². The molecule has 0 aliphatic heterocycles. The first-order valence-corrected chi connectivity index (χ1v) is 7.03. The Labute approximate surface area is 126 Å². The van der Waals surface area contributed by atoms with Crippen molar-refractivity contribution in [3.63, 3.8) is 0 Å². The zero-order chi connectivity index (χ0) is 14.7. The average molecular weight is 301 g/mol. The minimum Gasteiger partial charge on any atom is -0.325 e. The van der Waals surface area contributed by atoms with Gasteiger partial charge in [0, 0.05) is 5.69 Å². The highest BCUT2D eigenvalue weighted by Crippen LogP contribution is 2.17. The van der Waals surface area contributed by atoms with E-state index in [1.54, 1.807) is 4.80 Å². The fourth-order valence-electron chi connectivity index (χ4n) is 2.09. The number of carbonyl (C=O) groups is 1. The Morgan fingerprint density at radius 3 is 2.33 bits per heavy atom. The van der Waals surface area contributed by atoms with E-state index in [0.717, 1.165) is 22.3 Å². The van der Waals surface area contributed by atoms with Crippen molar-refractivity contribution >= 4 is 34.2 Å². The number of nitrogens with zero attached hydrogens (tertiary/aromatic N) is 3. The number of hydrogen-bond acceptors (Lipinski definition) is 3. The standard InChI is InChI=1S/C15H13ClN4O/c16-9-15(21)17-12-6-2-1-5-11(12)10-20-18-13-7-3-4-8-14(13)19-20/h1-8H,9-10H2,(H,17,21). The van der Waals surface area contributed by atoms with Crippen molar-refractivity contribution < 1.29 is 4.79 Å². The number of amides is 1. The molecule has 0 atom stereocenters. The van der Waals surface area contributed by atoms with E-state index in [1.165, 1.54) is 0 Å². The van der Waals surface area contributed by atoms with Gasteiger partial charge in [-0.3, -0.25) is 4.79 Å². The third-order valence-electron chi connectivity index (χ3n) is 3.05. The SMILES string of the molecule is O=C(CCl)Nc1ccccc1Cn1nc2ccccc2n1. The molecule has 0 bridgehead atoms. The average Bonchev–Trinajstić information content (AvgIpc) is 2.91. The highest BCUT2D eigenvalue weighted by molar-refractivity contribution is 6.29. The summed E-state index contributed by atoms with van der Waals surface area (Å²) in [5.74, 6) is -0.305. The van der Waals surface area contributed by atoms with E-state index in [1.807, 2.05) is 48.5 Å². The van der Waals surface area contributed by atoms with Crippen molar-refractivity contribution in [1.82, 2.24) is 15.0 Å². The summed E-state index contributed by atoms with van der Waals surface area (Å²) in [6.07, 6.45) is 0. The van der Waals surface area contributed by atoms with Gasteiger partial charge in [0.15, 0.2) is 0 Å². The van der Waals surface area contributed by atoms with Crippen LogP contribution in [0.1, 0.15) is 5.56 Å². The molecule has 0 spiro atoms. The van der Waals surface area contributed by atoms with Crippen LogP contribution in [0.15, 0.2) is 48.5 Å². The predicted octanol–water partition coefficient (Wildman–Crippen LogP) is 2.66. The Hall–Kier alpha value is -2.40. The molecule has 21 heavy (non-hydrogen) atoms.